The van der Waals surface area contributed by atoms with Gasteiger partial charge in [0.2, 0.25) is 0 Å². The maximum atomic E-state index is 13.6. The molecule has 4 nitrogen and oxygen atoms in total. The van der Waals surface area contributed by atoms with Gasteiger partial charge in [0.25, 0.3) is 5.91 Å². The van der Waals surface area contributed by atoms with Crippen molar-refractivity contribution in [3.8, 4) is 11.5 Å². The summed E-state index contributed by atoms with van der Waals surface area (Å²) in [7, 11) is 0. The summed E-state index contributed by atoms with van der Waals surface area (Å²) in [5.74, 6) is -1.53. The second-order valence-corrected chi connectivity index (χ2v) is 5.83. The molecule has 2 aromatic rings. The third-order valence-corrected chi connectivity index (χ3v) is 4.11. The van der Waals surface area contributed by atoms with Crippen LogP contribution in [0.1, 0.15) is 16.7 Å². The third-order valence-electron chi connectivity index (χ3n) is 4.11. The Morgan fingerprint density at radius 3 is 2.46 bits per heavy atom. The number of nitrogens with zero attached hydrogens (tertiary/aromatic N) is 1. The van der Waals surface area contributed by atoms with Gasteiger partial charge in [0.1, 0.15) is 17.3 Å². The highest BCUT2D eigenvalue weighted by Crippen LogP contribution is 2.34. The zero-order valence-corrected chi connectivity index (χ0v) is 13.4. The van der Waals surface area contributed by atoms with Crippen LogP contribution in [0, 0.1) is 11.2 Å². The highest BCUT2D eigenvalue weighted by Gasteiger charge is 2.34. The summed E-state index contributed by atoms with van der Waals surface area (Å²) < 4.78 is 56.9. The Morgan fingerprint density at radius 1 is 1.12 bits per heavy atom. The SMILES string of the molecule is N=CC(=O)N1CCc2ccc(Oc3ccc(C(F)(F)F)c(F)c3)cc2C1. The average molecular weight is 366 g/mol. The summed E-state index contributed by atoms with van der Waals surface area (Å²) in [6, 6.07) is 7.48. The van der Waals surface area contributed by atoms with Crippen LogP contribution in [0.4, 0.5) is 17.6 Å². The lowest BCUT2D eigenvalue weighted by Gasteiger charge is -2.28. The average Bonchev–Trinajstić information content (AvgIpc) is 2.59. The lowest BCUT2D eigenvalue weighted by molar-refractivity contribution is -0.140. The number of hydrogen-bond donors (Lipinski definition) is 1. The molecule has 0 aromatic heterocycles. The number of fused-ring (bicyclic) bond motifs is 1. The van der Waals surface area contributed by atoms with Crippen molar-refractivity contribution in [1.82, 2.24) is 4.90 Å². The number of carbonyl (C=O) groups is 1. The van der Waals surface area contributed by atoms with Crippen molar-refractivity contribution in [2.24, 2.45) is 0 Å². The molecule has 0 bridgehead atoms. The van der Waals surface area contributed by atoms with Crippen molar-refractivity contribution in [2.75, 3.05) is 6.54 Å². The molecule has 8 heteroatoms. The number of amides is 1. The molecule has 26 heavy (non-hydrogen) atoms. The first kappa shape index (κ1) is 17.9. The van der Waals surface area contributed by atoms with E-state index in [1.165, 1.54) is 4.90 Å². The molecule has 0 aliphatic carbocycles. The molecule has 3 rings (SSSR count). The Hall–Kier alpha value is -2.90. The van der Waals surface area contributed by atoms with E-state index in [1.807, 2.05) is 0 Å². The van der Waals surface area contributed by atoms with Crippen molar-refractivity contribution < 1.29 is 27.1 Å². The van der Waals surface area contributed by atoms with Crippen LogP contribution in [0.3, 0.4) is 0 Å². The molecule has 1 N–H and O–H groups in total. The van der Waals surface area contributed by atoms with Gasteiger partial charge in [0.05, 0.1) is 11.8 Å². The van der Waals surface area contributed by atoms with Gasteiger partial charge in [-0.3, -0.25) is 4.79 Å². The Morgan fingerprint density at radius 2 is 1.81 bits per heavy atom. The molecule has 0 radical (unpaired) electrons. The molecule has 1 heterocycles. The molecule has 0 unspecified atom stereocenters. The summed E-state index contributed by atoms with van der Waals surface area (Å²) in [5.41, 5.74) is 0.484. The topological polar surface area (TPSA) is 53.4 Å². The van der Waals surface area contributed by atoms with Gasteiger partial charge in [-0.2, -0.15) is 13.2 Å². The molecule has 136 valence electrons. The van der Waals surface area contributed by atoms with Gasteiger partial charge in [-0.05, 0) is 41.8 Å². The van der Waals surface area contributed by atoms with Crippen LogP contribution in [-0.2, 0) is 23.9 Å². The number of rotatable bonds is 3. The van der Waals surface area contributed by atoms with Crippen LogP contribution in [0.2, 0.25) is 0 Å². The Kier molecular flexibility index (Phi) is 4.67. The van der Waals surface area contributed by atoms with Gasteiger partial charge in [-0.15, -0.1) is 0 Å². The summed E-state index contributed by atoms with van der Waals surface area (Å²) in [6.45, 7) is 0.813. The van der Waals surface area contributed by atoms with Crippen LogP contribution in [0.5, 0.6) is 11.5 Å². The first-order valence-electron chi connectivity index (χ1n) is 7.73. The zero-order valence-electron chi connectivity index (χ0n) is 13.4. The molecule has 0 atom stereocenters. The maximum Gasteiger partial charge on any atom is 0.419 e. The Labute approximate surface area is 146 Å². The largest absolute Gasteiger partial charge is 0.457 e. The highest BCUT2D eigenvalue weighted by atomic mass is 19.4. The first-order valence-corrected chi connectivity index (χ1v) is 7.73. The monoisotopic (exact) mass is 366 g/mol. The minimum atomic E-state index is -4.76. The number of ether oxygens (including phenoxy) is 1. The Balaban J connectivity index is 1.81. The summed E-state index contributed by atoms with van der Waals surface area (Å²) in [5, 5.41) is 7.04. The molecule has 0 fully saturated rings. The molecule has 0 spiro atoms. The molecule has 1 amide bonds. The fourth-order valence-electron chi connectivity index (χ4n) is 2.80. The molecule has 2 aromatic carbocycles. The van der Waals surface area contributed by atoms with E-state index < -0.39 is 23.5 Å². The second-order valence-electron chi connectivity index (χ2n) is 5.83. The number of benzene rings is 2. The number of alkyl halides is 3. The van der Waals surface area contributed by atoms with E-state index in [0.29, 0.717) is 37.4 Å². The first-order chi connectivity index (χ1) is 12.3. The molecule has 0 saturated carbocycles. The van der Waals surface area contributed by atoms with Crippen LogP contribution < -0.4 is 4.74 Å². The van der Waals surface area contributed by atoms with Crippen LogP contribution in [0.15, 0.2) is 36.4 Å². The van der Waals surface area contributed by atoms with Gasteiger partial charge in [0, 0.05) is 19.2 Å². The molecule has 1 aliphatic rings. The molecule has 1 aliphatic heterocycles. The van der Waals surface area contributed by atoms with Gasteiger partial charge >= 0.3 is 6.18 Å². The molecular formula is C18H14F4N2O2. The van der Waals surface area contributed by atoms with Gasteiger partial charge in [0.15, 0.2) is 0 Å². The predicted molar refractivity (Wildman–Crippen MR) is 85.8 cm³/mol. The smallest absolute Gasteiger partial charge is 0.419 e. The number of carbonyl (C=O) groups excluding carboxylic acids is 1. The van der Waals surface area contributed by atoms with Gasteiger partial charge < -0.3 is 15.0 Å². The van der Waals surface area contributed by atoms with Gasteiger partial charge in [-0.1, -0.05) is 6.07 Å². The number of hydrogen-bond acceptors (Lipinski definition) is 3. The summed E-state index contributed by atoms with van der Waals surface area (Å²) in [6.07, 6.45) is -3.39. The van der Waals surface area contributed by atoms with E-state index in [4.69, 9.17) is 10.1 Å². The standard InChI is InChI=1S/C18H14F4N2O2/c19-16-8-14(3-4-15(16)18(20,21)22)26-13-2-1-11-5-6-24(17(25)9-23)10-12(11)7-13/h1-4,7-9,23H,5-6,10H2. The van der Waals surface area contributed by atoms with Crippen molar-refractivity contribution in [3.05, 3.63) is 58.9 Å². The fraction of sp³-hybridized carbons (Fsp3) is 0.222. The number of halogens is 4. The quantitative estimate of drug-likeness (QED) is 0.655. The van der Waals surface area contributed by atoms with Crippen molar-refractivity contribution in [3.63, 3.8) is 0 Å². The minimum absolute atomic E-state index is 0.0568. The van der Waals surface area contributed by atoms with Crippen molar-refractivity contribution >= 4 is 12.1 Å². The summed E-state index contributed by atoms with van der Waals surface area (Å²) >= 11 is 0. The van der Waals surface area contributed by atoms with Crippen LogP contribution in [0.25, 0.3) is 0 Å². The minimum Gasteiger partial charge on any atom is -0.457 e. The van der Waals surface area contributed by atoms with E-state index in [1.54, 1.807) is 18.2 Å². The fourth-order valence-corrected chi connectivity index (χ4v) is 2.80. The van der Waals surface area contributed by atoms with Crippen molar-refractivity contribution in [2.45, 2.75) is 19.1 Å². The van der Waals surface area contributed by atoms with E-state index in [-0.39, 0.29) is 5.75 Å². The normalized spacial score (nSPS) is 13.9. The predicted octanol–water partition coefficient (Wildman–Crippen LogP) is 4.17. The Bertz CT molecular complexity index is 865. The lowest BCUT2D eigenvalue weighted by Crippen LogP contribution is -2.36. The van der Waals surface area contributed by atoms with E-state index in [0.717, 1.165) is 23.4 Å². The van der Waals surface area contributed by atoms with Crippen LogP contribution in [-0.4, -0.2) is 23.6 Å². The number of nitrogens with one attached hydrogen (secondary N) is 1. The van der Waals surface area contributed by atoms with Gasteiger partial charge in [-0.25, -0.2) is 4.39 Å². The maximum absolute atomic E-state index is 13.6. The van der Waals surface area contributed by atoms with E-state index in [2.05, 4.69) is 0 Å². The lowest BCUT2D eigenvalue weighted by atomic mass is 9.99. The molecular weight excluding hydrogens is 352 g/mol. The zero-order chi connectivity index (χ0) is 18.9. The third kappa shape index (κ3) is 3.68. The van der Waals surface area contributed by atoms with Crippen molar-refractivity contribution in [1.29, 1.82) is 5.41 Å². The molecule has 0 saturated heterocycles. The van der Waals surface area contributed by atoms with Crippen LogP contribution >= 0.6 is 0 Å². The second kappa shape index (κ2) is 6.78. The van der Waals surface area contributed by atoms with E-state index >= 15 is 0 Å². The van der Waals surface area contributed by atoms with E-state index in [9.17, 15) is 22.4 Å². The summed E-state index contributed by atoms with van der Waals surface area (Å²) in [4.78, 5) is 13.1. The highest BCUT2D eigenvalue weighted by molar-refractivity contribution is 6.24.